The van der Waals surface area contributed by atoms with Gasteiger partial charge in [0.25, 0.3) is 5.91 Å². The molecule has 1 N–H and O–H groups in total. The third-order valence-electron chi connectivity index (χ3n) is 4.27. The molecule has 1 saturated carbocycles. The van der Waals surface area contributed by atoms with E-state index in [1.54, 1.807) is 36.5 Å². The summed E-state index contributed by atoms with van der Waals surface area (Å²) in [5.41, 5.74) is 1.77. The summed E-state index contributed by atoms with van der Waals surface area (Å²) in [5.74, 6) is 0.403. The first-order valence-electron chi connectivity index (χ1n) is 8.63. The van der Waals surface area contributed by atoms with Crippen LogP contribution in [-0.2, 0) is 4.79 Å². The quantitative estimate of drug-likeness (QED) is 0.932. The SMILES string of the molecule is CC(C)N=c1ccccn1C(=O)c1cccc(NC(=O)[C@H]2C[C@@H]2C)c1. The number of benzene rings is 1. The summed E-state index contributed by atoms with van der Waals surface area (Å²) in [6, 6.07) is 12.6. The minimum absolute atomic E-state index is 0.0277. The maximum atomic E-state index is 12.9. The number of aromatic nitrogens is 1. The number of nitrogens with zero attached hydrogens (tertiary/aromatic N) is 2. The molecule has 1 aromatic carbocycles. The summed E-state index contributed by atoms with van der Waals surface area (Å²) >= 11 is 0. The number of carbonyl (C=O) groups excluding carboxylic acids is 2. The van der Waals surface area contributed by atoms with Crippen LogP contribution in [0.15, 0.2) is 53.7 Å². The van der Waals surface area contributed by atoms with Crippen molar-refractivity contribution in [1.29, 1.82) is 0 Å². The van der Waals surface area contributed by atoms with E-state index >= 15 is 0 Å². The van der Waals surface area contributed by atoms with Crippen molar-refractivity contribution in [1.82, 2.24) is 4.57 Å². The number of nitrogens with one attached hydrogen (secondary N) is 1. The molecule has 0 unspecified atom stereocenters. The first-order chi connectivity index (χ1) is 12.0. The van der Waals surface area contributed by atoms with Gasteiger partial charge in [0.15, 0.2) is 0 Å². The lowest BCUT2D eigenvalue weighted by atomic mass is 10.1. The largest absolute Gasteiger partial charge is 0.326 e. The average molecular weight is 337 g/mol. The van der Waals surface area contributed by atoms with E-state index < -0.39 is 0 Å². The second kappa shape index (κ2) is 7.05. The van der Waals surface area contributed by atoms with E-state index in [4.69, 9.17) is 0 Å². The van der Waals surface area contributed by atoms with Crippen LogP contribution in [0, 0.1) is 11.8 Å². The molecule has 0 radical (unpaired) electrons. The summed E-state index contributed by atoms with van der Waals surface area (Å²) in [5, 5.41) is 2.90. The van der Waals surface area contributed by atoms with Gasteiger partial charge in [0, 0.05) is 29.4 Å². The van der Waals surface area contributed by atoms with Crippen molar-refractivity contribution in [3.05, 3.63) is 59.7 Å². The molecule has 5 heteroatoms. The van der Waals surface area contributed by atoms with Gasteiger partial charge in [0.2, 0.25) is 5.91 Å². The summed E-state index contributed by atoms with van der Waals surface area (Å²) < 4.78 is 1.53. The molecule has 1 aromatic heterocycles. The number of pyridine rings is 1. The van der Waals surface area contributed by atoms with Crippen LogP contribution < -0.4 is 10.8 Å². The van der Waals surface area contributed by atoms with Gasteiger partial charge in [-0.2, -0.15) is 0 Å². The molecule has 1 amide bonds. The molecular weight excluding hydrogens is 314 g/mol. The lowest BCUT2D eigenvalue weighted by molar-refractivity contribution is -0.117. The molecule has 1 fully saturated rings. The second-order valence-corrected chi connectivity index (χ2v) is 6.85. The van der Waals surface area contributed by atoms with Gasteiger partial charge < -0.3 is 5.32 Å². The van der Waals surface area contributed by atoms with Crippen LogP contribution in [0.25, 0.3) is 0 Å². The van der Waals surface area contributed by atoms with Crippen LogP contribution >= 0.6 is 0 Å². The summed E-state index contributed by atoms with van der Waals surface area (Å²) in [4.78, 5) is 29.5. The number of rotatable bonds is 4. The van der Waals surface area contributed by atoms with Gasteiger partial charge in [-0.3, -0.25) is 19.1 Å². The Morgan fingerprint density at radius 3 is 2.64 bits per heavy atom. The number of amides is 1. The minimum Gasteiger partial charge on any atom is -0.326 e. The van der Waals surface area contributed by atoms with Crippen LogP contribution in [0.5, 0.6) is 0 Å². The Bertz CT molecular complexity index is 867. The number of hydrogen-bond acceptors (Lipinski definition) is 3. The Balaban J connectivity index is 1.86. The molecular formula is C20H23N3O2. The molecule has 1 aliphatic rings. The topological polar surface area (TPSA) is 63.5 Å². The van der Waals surface area contributed by atoms with Gasteiger partial charge in [-0.05, 0) is 56.5 Å². The summed E-state index contributed by atoms with van der Waals surface area (Å²) in [6.45, 7) is 6.00. The van der Waals surface area contributed by atoms with Crippen LogP contribution in [0.2, 0.25) is 0 Å². The highest BCUT2D eigenvalue weighted by Crippen LogP contribution is 2.38. The van der Waals surface area contributed by atoms with E-state index in [9.17, 15) is 9.59 Å². The molecule has 5 nitrogen and oxygen atoms in total. The Morgan fingerprint density at radius 2 is 1.96 bits per heavy atom. The Morgan fingerprint density at radius 1 is 1.20 bits per heavy atom. The Labute approximate surface area is 147 Å². The molecule has 130 valence electrons. The van der Waals surface area contributed by atoms with Crippen molar-refractivity contribution < 1.29 is 9.59 Å². The van der Waals surface area contributed by atoms with Crippen molar-refractivity contribution in [2.75, 3.05) is 5.32 Å². The van der Waals surface area contributed by atoms with E-state index in [1.165, 1.54) is 4.57 Å². The molecule has 0 aliphatic heterocycles. The van der Waals surface area contributed by atoms with E-state index in [0.29, 0.717) is 22.7 Å². The average Bonchev–Trinajstić information content (AvgIpc) is 3.31. The molecule has 0 spiro atoms. The van der Waals surface area contributed by atoms with Gasteiger partial charge >= 0.3 is 0 Å². The zero-order valence-electron chi connectivity index (χ0n) is 14.8. The monoisotopic (exact) mass is 337 g/mol. The molecule has 2 aromatic rings. The lowest BCUT2D eigenvalue weighted by Crippen LogP contribution is -2.28. The van der Waals surface area contributed by atoms with Crippen molar-refractivity contribution in [3.63, 3.8) is 0 Å². The van der Waals surface area contributed by atoms with Crippen LogP contribution in [0.3, 0.4) is 0 Å². The fourth-order valence-corrected chi connectivity index (χ4v) is 2.77. The predicted molar refractivity (Wildman–Crippen MR) is 97.2 cm³/mol. The third-order valence-corrected chi connectivity index (χ3v) is 4.27. The van der Waals surface area contributed by atoms with Crippen molar-refractivity contribution in [2.24, 2.45) is 16.8 Å². The fraction of sp³-hybridized carbons (Fsp3) is 0.350. The molecule has 1 aliphatic carbocycles. The normalized spacial score (nSPS) is 19.8. The Hall–Kier alpha value is -2.69. The maximum absolute atomic E-state index is 12.9. The number of carbonyl (C=O) groups is 2. The van der Waals surface area contributed by atoms with Crippen molar-refractivity contribution in [3.8, 4) is 0 Å². The molecule has 25 heavy (non-hydrogen) atoms. The van der Waals surface area contributed by atoms with E-state index in [0.717, 1.165) is 6.42 Å². The van der Waals surface area contributed by atoms with Gasteiger partial charge in [0.1, 0.15) is 5.49 Å². The molecule has 3 rings (SSSR count). The molecule has 0 bridgehead atoms. The highest BCUT2D eigenvalue weighted by molar-refractivity contribution is 5.99. The second-order valence-electron chi connectivity index (χ2n) is 6.85. The maximum Gasteiger partial charge on any atom is 0.263 e. The summed E-state index contributed by atoms with van der Waals surface area (Å²) in [7, 11) is 0. The van der Waals surface area contributed by atoms with E-state index in [-0.39, 0.29) is 23.8 Å². The highest BCUT2D eigenvalue weighted by atomic mass is 16.2. The van der Waals surface area contributed by atoms with Crippen LogP contribution in [-0.4, -0.2) is 22.4 Å². The minimum atomic E-state index is -0.170. The first-order valence-corrected chi connectivity index (χ1v) is 8.63. The third kappa shape index (κ3) is 4.05. The van der Waals surface area contributed by atoms with Crippen LogP contribution in [0.4, 0.5) is 5.69 Å². The van der Waals surface area contributed by atoms with Gasteiger partial charge in [-0.25, -0.2) is 0 Å². The van der Waals surface area contributed by atoms with Gasteiger partial charge in [-0.1, -0.05) is 19.1 Å². The van der Waals surface area contributed by atoms with E-state index in [1.807, 2.05) is 26.0 Å². The van der Waals surface area contributed by atoms with Gasteiger partial charge in [-0.15, -0.1) is 0 Å². The highest BCUT2D eigenvalue weighted by Gasteiger charge is 2.39. The zero-order valence-corrected chi connectivity index (χ0v) is 14.8. The molecule has 0 saturated heterocycles. The zero-order chi connectivity index (χ0) is 18.0. The lowest BCUT2D eigenvalue weighted by Gasteiger charge is -2.09. The van der Waals surface area contributed by atoms with E-state index in [2.05, 4.69) is 17.2 Å². The number of anilines is 1. The van der Waals surface area contributed by atoms with Crippen LogP contribution in [0.1, 0.15) is 37.6 Å². The van der Waals surface area contributed by atoms with Crippen molar-refractivity contribution in [2.45, 2.75) is 33.2 Å². The first kappa shape index (κ1) is 17.1. The predicted octanol–water partition coefficient (Wildman–Crippen LogP) is 3.08. The number of hydrogen-bond donors (Lipinski definition) is 1. The smallest absolute Gasteiger partial charge is 0.263 e. The fourth-order valence-electron chi connectivity index (χ4n) is 2.77. The van der Waals surface area contributed by atoms with Gasteiger partial charge in [0.05, 0.1) is 0 Å². The van der Waals surface area contributed by atoms with Crippen molar-refractivity contribution >= 4 is 17.5 Å². The Kier molecular flexibility index (Phi) is 4.83. The molecule has 2 atom stereocenters. The summed E-state index contributed by atoms with van der Waals surface area (Å²) in [6.07, 6.45) is 2.64. The molecule has 1 heterocycles. The standard InChI is InChI=1S/C20H23N3O2/c1-13(2)21-18-9-4-5-10-23(18)20(25)15-7-6-8-16(12-15)22-19(24)17-11-14(17)3/h4-10,12-14,17H,11H2,1-3H3,(H,22,24)/t14-,17-/m0/s1.